The van der Waals surface area contributed by atoms with Crippen LogP contribution >= 0.6 is 0 Å². The minimum atomic E-state index is -1.70. The summed E-state index contributed by atoms with van der Waals surface area (Å²) >= 11 is 0. The van der Waals surface area contributed by atoms with Crippen LogP contribution in [0.15, 0.2) is 42.5 Å². The van der Waals surface area contributed by atoms with Crippen LogP contribution in [0.1, 0.15) is 15.9 Å². The van der Waals surface area contributed by atoms with E-state index in [1.165, 1.54) is 12.1 Å². The minimum absolute atomic E-state index is 0.321. The third kappa shape index (κ3) is 3.75. The van der Waals surface area contributed by atoms with E-state index in [1.807, 2.05) is 36.5 Å². The molecule has 7 heteroatoms. The van der Waals surface area contributed by atoms with Gasteiger partial charge in [-0.25, -0.2) is 4.39 Å². The molecular weight excluding hydrogens is 313 g/mol. The lowest BCUT2D eigenvalue weighted by molar-refractivity contribution is -0.128. The number of benzene rings is 2. The number of hydrogen-bond acceptors (Lipinski definition) is 3. The van der Waals surface area contributed by atoms with Crippen LogP contribution in [0.2, 0.25) is 0 Å². The van der Waals surface area contributed by atoms with Crippen molar-refractivity contribution in [3.05, 3.63) is 59.4 Å². The summed E-state index contributed by atoms with van der Waals surface area (Å²) < 4.78 is 14.2. The van der Waals surface area contributed by atoms with Gasteiger partial charge >= 0.3 is 0 Å². The van der Waals surface area contributed by atoms with Crippen LogP contribution in [0, 0.1) is 12.7 Å². The Kier molecular flexibility index (Phi) is 4.93. The lowest BCUT2D eigenvalue weighted by atomic mass is 10.0. The number of carbonyl (C=O) groups excluding carboxylic acids is 3. The van der Waals surface area contributed by atoms with Gasteiger partial charge in [0.1, 0.15) is 5.82 Å². The summed E-state index contributed by atoms with van der Waals surface area (Å²) in [6.07, 6.45) is 0. The quantitative estimate of drug-likeness (QED) is 0.707. The fraction of sp³-hybridized carbons (Fsp3) is 0.118. The fourth-order valence-electron chi connectivity index (χ4n) is 2.12. The molecule has 2 rings (SSSR count). The molecule has 0 aliphatic heterocycles. The number of primary amides is 2. The predicted octanol–water partition coefficient (Wildman–Crippen LogP) is 0.870. The molecule has 6 nitrogen and oxygen atoms in total. The summed E-state index contributed by atoms with van der Waals surface area (Å²) in [6, 6.07) is 9.76. The number of nitrogens with one attached hydrogen (secondary N) is 1. The van der Waals surface area contributed by atoms with Gasteiger partial charge in [0.15, 0.2) is 6.04 Å². The van der Waals surface area contributed by atoms with Crippen molar-refractivity contribution in [2.24, 2.45) is 11.5 Å². The molecule has 0 radical (unpaired) electrons. The number of nitrogens with two attached hydrogens (primary N) is 2. The van der Waals surface area contributed by atoms with Gasteiger partial charge in [0.25, 0.3) is 5.91 Å². The number of hydrogen-bond donors (Lipinski definition) is 3. The average molecular weight is 329 g/mol. The van der Waals surface area contributed by atoms with E-state index in [1.54, 1.807) is 6.07 Å². The van der Waals surface area contributed by atoms with Crippen molar-refractivity contribution < 1.29 is 18.8 Å². The van der Waals surface area contributed by atoms with Crippen molar-refractivity contribution in [3.8, 4) is 11.1 Å². The highest BCUT2D eigenvalue weighted by atomic mass is 19.1. The van der Waals surface area contributed by atoms with Crippen molar-refractivity contribution in [2.45, 2.75) is 13.0 Å². The Morgan fingerprint density at radius 1 is 0.958 bits per heavy atom. The van der Waals surface area contributed by atoms with E-state index in [4.69, 9.17) is 11.5 Å². The molecule has 2 aromatic rings. The van der Waals surface area contributed by atoms with E-state index in [2.05, 4.69) is 0 Å². The molecule has 5 N–H and O–H groups in total. The molecule has 0 heterocycles. The summed E-state index contributed by atoms with van der Waals surface area (Å²) in [5, 5.41) is 2.01. The Labute approximate surface area is 137 Å². The summed E-state index contributed by atoms with van der Waals surface area (Å²) in [6.45, 7) is 1.94. The smallest absolute Gasteiger partial charge is 0.255 e. The number of halogens is 1. The highest BCUT2D eigenvalue weighted by Crippen LogP contribution is 2.22. The molecule has 0 aliphatic rings. The maximum Gasteiger partial charge on any atom is 0.255 e. The van der Waals surface area contributed by atoms with Gasteiger partial charge in [-0.05, 0) is 30.2 Å². The zero-order valence-electron chi connectivity index (χ0n) is 12.9. The monoisotopic (exact) mass is 329 g/mol. The van der Waals surface area contributed by atoms with Crippen molar-refractivity contribution in [1.29, 1.82) is 0 Å². The molecule has 0 aliphatic carbocycles. The molecule has 0 aromatic heterocycles. The number of rotatable bonds is 5. The topological polar surface area (TPSA) is 115 Å². The second-order valence-corrected chi connectivity index (χ2v) is 5.27. The summed E-state index contributed by atoms with van der Waals surface area (Å²) in [5.41, 5.74) is 12.1. The van der Waals surface area contributed by atoms with E-state index in [0.717, 1.165) is 11.1 Å². The number of carbonyl (C=O) groups is 3. The van der Waals surface area contributed by atoms with Crippen LogP contribution in [0.5, 0.6) is 0 Å². The molecule has 0 spiro atoms. The van der Waals surface area contributed by atoms with E-state index >= 15 is 0 Å². The van der Waals surface area contributed by atoms with Crippen molar-refractivity contribution in [1.82, 2.24) is 5.32 Å². The van der Waals surface area contributed by atoms with E-state index in [9.17, 15) is 18.8 Å². The van der Waals surface area contributed by atoms with E-state index in [0.29, 0.717) is 5.56 Å². The SMILES string of the molecule is Cc1ccc(-c2ccc(C(=O)NC(C(N)=O)C(N)=O)c(F)c2)cc1. The van der Waals surface area contributed by atoms with Crippen LogP contribution in [-0.4, -0.2) is 23.8 Å². The lowest BCUT2D eigenvalue weighted by Crippen LogP contribution is -2.52. The molecule has 0 unspecified atom stereocenters. The second-order valence-electron chi connectivity index (χ2n) is 5.27. The Morgan fingerprint density at radius 2 is 1.50 bits per heavy atom. The van der Waals surface area contributed by atoms with Gasteiger partial charge in [0.2, 0.25) is 11.8 Å². The normalized spacial score (nSPS) is 10.5. The Morgan fingerprint density at radius 3 is 2.00 bits per heavy atom. The Hall–Kier alpha value is -3.22. The fourth-order valence-corrected chi connectivity index (χ4v) is 2.12. The first-order valence-corrected chi connectivity index (χ1v) is 7.05. The first-order valence-electron chi connectivity index (χ1n) is 7.05. The summed E-state index contributed by atoms with van der Waals surface area (Å²) in [7, 11) is 0. The highest BCUT2D eigenvalue weighted by Gasteiger charge is 2.25. The molecule has 0 atom stereocenters. The van der Waals surface area contributed by atoms with Gasteiger partial charge in [-0.2, -0.15) is 0 Å². The van der Waals surface area contributed by atoms with Gasteiger partial charge in [-0.1, -0.05) is 35.9 Å². The lowest BCUT2D eigenvalue weighted by Gasteiger charge is -2.12. The van der Waals surface area contributed by atoms with Crippen LogP contribution < -0.4 is 16.8 Å². The second kappa shape index (κ2) is 6.91. The average Bonchev–Trinajstić information content (AvgIpc) is 2.52. The molecule has 124 valence electrons. The van der Waals surface area contributed by atoms with Crippen molar-refractivity contribution in [2.75, 3.05) is 0 Å². The van der Waals surface area contributed by atoms with Crippen LogP contribution in [0.25, 0.3) is 11.1 Å². The first-order chi connectivity index (χ1) is 11.3. The summed E-state index contributed by atoms with van der Waals surface area (Å²) in [5.74, 6) is -3.98. The van der Waals surface area contributed by atoms with Crippen LogP contribution in [0.4, 0.5) is 4.39 Å². The molecule has 0 fully saturated rings. The van der Waals surface area contributed by atoms with Crippen molar-refractivity contribution in [3.63, 3.8) is 0 Å². The molecular formula is C17H16FN3O3. The number of aryl methyl sites for hydroxylation is 1. The minimum Gasteiger partial charge on any atom is -0.367 e. The van der Waals surface area contributed by atoms with Crippen LogP contribution in [-0.2, 0) is 9.59 Å². The van der Waals surface area contributed by atoms with Gasteiger partial charge in [-0.15, -0.1) is 0 Å². The standard InChI is InChI=1S/C17H16FN3O3/c1-9-2-4-10(5-3-9)11-6-7-12(13(18)8-11)17(24)21-14(15(19)22)16(20)23/h2-8,14H,1H3,(H2,19,22)(H2,20,23)(H,21,24). The van der Waals surface area contributed by atoms with Gasteiger partial charge in [-0.3, -0.25) is 14.4 Å². The largest absolute Gasteiger partial charge is 0.367 e. The Bertz CT molecular complexity index is 789. The van der Waals surface area contributed by atoms with Gasteiger partial charge in [0, 0.05) is 0 Å². The maximum atomic E-state index is 14.2. The Balaban J connectivity index is 2.26. The molecule has 0 saturated heterocycles. The zero-order chi connectivity index (χ0) is 17.9. The van der Waals surface area contributed by atoms with E-state index < -0.39 is 29.6 Å². The molecule has 2 aromatic carbocycles. The van der Waals surface area contributed by atoms with Crippen molar-refractivity contribution >= 4 is 17.7 Å². The number of amides is 3. The first kappa shape index (κ1) is 17.1. The third-order valence-electron chi connectivity index (χ3n) is 3.44. The van der Waals surface area contributed by atoms with Crippen LogP contribution in [0.3, 0.4) is 0 Å². The highest BCUT2D eigenvalue weighted by molar-refractivity contribution is 6.08. The molecule has 0 bridgehead atoms. The molecule has 3 amide bonds. The van der Waals surface area contributed by atoms with E-state index in [-0.39, 0.29) is 5.56 Å². The zero-order valence-corrected chi connectivity index (χ0v) is 12.9. The van der Waals surface area contributed by atoms with Gasteiger partial charge < -0.3 is 16.8 Å². The predicted molar refractivity (Wildman–Crippen MR) is 86.2 cm³/mol. The molecule has 0 saturated carbocycles. The molecule has 24 heavy (non-hydrogen) atoms. The third-order valence-corrected chi connectivity index (χ3v) is 3.44. The van der Waals surface area contributed by atoms with Gasteiger partial charge in [0.05, 0.1) is 5.56 Å². The maximum absolute atomic E-state index is 14.2. The summed E-state index contributed by atoms with van der Waals surface area (Å²) in [4.78, 5) is 34.2.